The third kappa shape index (κ3) is 4.79. The summed E-state index contributed by atoms with van der Waals surface area (Å²) < 4.78 is 0. The third-order valence-corrected chi connectivity index (χ3v) is 4.22. The Morgan fingerprint density at radius 1 is 1.35 bits per heavy atom. The number of nitrogens with one attached hydrogen (secondary N) is 1. The first kappa shape index (κ1) is 17.5. The van der Waals surface area contributed by atoms with Crippen molar-refractivity contribution in [1.82, 2.24) is 15.1 Å². The van der Waals surface area contributed by atoms with E-state index in [0.717, 1.165) is 30.5 Å². The van der Waals surface area contributed by atoms with Crippen LogP contribution in [0.4, 0.5) is 0 Å². The summed E-state index contributed by atoms with van der Waals surface area (Å²) >= 11 is 0. The predicted molar refractivity (Wildman–Crippen MR) is 91.0 cm³/mol. The van der Waals surface area contributed by atoms with Gasteiger partial charge in [0.15, 0.2) is 0 Å². The number of hydrogen-bond acceptors (Lipinski definition) is 3. The molecule has 1 aromatic rings. The van der Waals surface area contributed by atoms with Crippen LogP contribution in [0.3, 0.4) is 0 Å². The lowest BCUT2D eigenvalue weighted by Gasteiger charge is -2.28. The van der Waals surface area contributed by atoms with Crippen LogP contribution in [-0.2, 0) is 9.59 Å². The summed E-state index contributed by atoms with van der Waals surface area (Å²) in [5.41, 5.74) is 2.13. The Morgan fingerprint density at radius 2 is 2.13 bits per heavy atom. The molecule has 23 heavy (non-hydrogen) atoms. The molecule has 1 heterocycles. The first-order valence-electron chi connectivity index (χ1n) is 8.27. The lowest BCUT2D eigenvalue weighted by atomic mass is 10.0. The van der Waals surface area contributed by atoms with E-state index in [2.05, 4.69) is 5.32 Å². The van der Waals surface area contributed by atoms with Crippen LogP contribution < -0.4 is 5.32 Å². The number of nitrogens with zero attached hydrogens (tertiary/aromatic N) is 2. The maximum Gasteiger partial charge on any atom is 0.242 e. The maximum atomic E-state index is 12.6. The van der Waals surface area contributed by atoms with E-state index in [1.807, 2.05) is 55.1 Å². The fourth-order valence-electron chi connectivity index (χ4n) is 3.03. The quantitative estimate of drug-likeness (QED) is 0.869. The van der Waals surface area contributed by atoms with E-state index in [0.29, 0.717) is 19.5 Å². The first-order valence-corrected chi connectivity index (χ1v) is 8.27. The second kappa shape index (κ2) is 8.11. The van der Waals surface area contributed by atoms with Gasteiger partial charge >= 0.3 is 0 Å². The average molecular weight is 317 g/mol. The largest absolute Gasteiger partial charge is 0.353 e. The number of carbonyl (C=O) groups is 2. The molecule has 1 atom stereocenters. The minimum atomic E-state index is -0.313. The van der Waals surface area contributed by atoms with Crippen molar-refractivity contribution in [2.75, 3.05) is 33.7 Å². The Balaban J connectivity index is 1.92. The summed E-state index contributed by atoms with van der Waals surface area (Å²) in [6, 6.07) is 7.70. The van der Waals surface area contributed by atoms with E-state index in [9.17, 15) is 9.59 Å². The molecular weight excluding hydrogens is 290 g/mol. The van der Waals surface area contributed by atoms with Gasteiger partial charge in [-0.3, -0.25) is 14.5 Å². The zero-order valence-electron chi connectivity index (χ0n) is 14.3. The van der Waals surface area contributed by atoms with Gasteiger partial charge in [-0.15, -0.1) is 0 Å². The fraction of sp³-hybridized carbons (Fsp3) is 0.556. The number of likely N-dealkylation sites (N-methyl/N-ethyl adjacent to an activating group) is 1. The van der Waals surface area contributed by atoms with Gasteiger partial charge in [-0.2, -0.15) is 0 Å². The minimum absolute atomic E-state index is 0.0231. The van der Waals surface area contributed by atoms with E-state index in [-0.39, 0.29) is 17.9 Å². The standard InChI is InChI=1S/C18H27N3O2/c1-14-7-6-8-15(13-14)17(20(2)3)18(23)19-10-12-21-11-5-4-9-16(21)22/h6-8,13,17H,4-5,9-12H2,1-3H3,(H,19,23)/t17-/m1/s1. The van der Waals surface area contributed by atoms with Crippen molar-refractivity contribution >= 4 is 11.8 Å². The predicted octanol–water partition coefficient (Wildman–Crippen LogP) is 1.73. The van der Waals surface area contributed by atoms with Crippen LogP contribution in [-0.4, -0.2) is 55.3 Å². The van der Waals surface area contributed by atoms with Crippen molar-refractivity contribution in [3.05, 3.63) is 35.4 Å². The van der Waals surface area contributed by atoms with Crippen LogP contribution in [0.5, 0.6) is 0 Å². The maximum absolute atomic E-state index is 12.6. The first-order chi connectivity index (χ1) is 11.0. The normalized spacial score (nSPS) is 16.5. The van der Waals surface area contributed by atoms with E-state index >= 15 is 0 Å². The van der Waals surface area contributed by atoms with Crippen LogP contribution in [0.15, 0.2) is 24.3 Å². The number of hydrogen-bond donors (Lipinski definition) is 1. The monoisotopic (exact) mass is 317 g/mol. The lowest BCUT2D eigenvalue weighted by molar-refractivity contribution is -0.134. The van der Waals surface area contributed by atoms with Gasteiger partial charge in [0.2, 0.25) is 11.8 Å². The van der Waals surface area contributed by atoms with Crippen LogP contribution in [0.2, 0.25) is 0 Å². The molecule has 0 spiro atoms. The topological polar surface area (TPSA) is 52.7 Å². The summed E-state index contributed by atoms with van der Waals surface area (Å²) in [5, 5.41) is 2.98. The molecule has 0 radical (unpaired) electrons. The average Bonchev–Trinajstić information content (AvgIpc) is 2.49. The Labute approximate surface area is 138 Å². The molecule has 2 rings (SSSR count). The summed E-state index contributed by atoms with van der Waals surface area (Å²) in [6.07, 6.45) is 2.68. The molecule has 2 amide bonds. The highest BCUT2D eigenvalue weighted by atomic mass is 16.2. The van der Waals surface area contributed by atoms with Crippen molar-refractivity contribution in [3.8, 4) is 0 Å². The number of carbonyl (C=O) groups excluding carboxylic acids is 2. The third-order valence-electron chi connectivity index (χ3n) is 4.22. The molecule has 0 bridgehead atoms. The molecule has 1 aliphatic rings. The number of aryl methyl sites for hydroxylation is 1. The molecule has 5 nitrogen and oxygen atoms in total. The Morgan fingerprint density at radius 3 is 2.78 bits per heavy atom. The highest BCUT2D eigenvalue weighted by Gasteiger charge is 2.23. The second-order valence-electron chi connectivity index (χ2n) is 6.41. The zero-order chi connectivity index (χ0) is 16.8. The molecule has 0 aromatic heterocycles. The van der Waals surface area contributed by atoms with E-state index in [1.165, 1.54) is 0 Å². The Hall–Kier alpha value is -1.88. The number of rotatable bonds is 6. The molecule has 1 fully saturated rings. The lowest BCUT2D eigenvalue weighted by Crippen LogP contribution is -2.43. The van der Waals surface area contributed by atoms with Gasteiger partial charge in [-0.05, 0) is 39.4 Å². The summed E-state index contributed by atoms with van der Waals surface area (Å²) in [6.45, 7) is 3.93. The molecule has 1 saturated heterocycles. The summed E-state index contributed by atoms with van der Waals surface area (Å²) in [4.78, 5) is 28.1. The minimum Gasteiger partial charge on any atom is -0.353 e. The smallest absolute Gasteiger partial charge is 0.242 e. The van der Waals surface area contributed by atoms with Crippen LogP contribution in [0, 0.1) is 6.92 Å². The van der Waals surface area contributed by atoms with E-state index in [1.54, 1.807) is 0 Å². The van der Waals surface area contributed by atoms with Crippen molar-refractivity contribution in [2.45, 2.75) is 32.2 Å². The number of likely N-dealkylation sites (tertiary alicyclic amines) is 1. The van der Waals surface area contributed by atoms with Crippen LogP contribution in [0.25, 0.3) is 0 Å². The van der Waals surface area contributed by atoms with Gasteiger partial charge in [0, 0.05) is 26.1 Å². The molecule has 126 valence electrons. The van der Waals surface area contributed by atoms with Gasteiger partial charge in [-0.25, -0.2) is 0 Å². The Bertz CT molecular complexity index is 557. The Kier molecular flexibility index (Phi) is 6.16. The molecule has 0 aliphatic carbocycles. The molecule has 1 N–H and O–H groups in total. The molecule has 5 heteroatoms. The van der Waals surface area contributed by atoms with Crippen LogP contribution >= 0.6 is 0 Å². The number of amides is 2. The fourth-order valence-corrected chi connectivity index (χ4v) is 3.03. The van der Waals surface area contributed by atoms with Gasteiger partial charge in [0.05, 0.1) is 0 Å². The summed E-state index contributed by atoms with van der Waals surface area (Å²) in [7, 11) is 3.81. The number of benzene rings is 1. The van der Waals surface area contributed by atoms with Gasteiger partial charge < -0.3 is 10.2 Å². The molecule has 1 aromatic carbocycles. The van der Waals surface area contributed by atoms with Crippen molar-refractivity contribution in [2.24, 2.45) is 0 Å². The van der Waals surface area contributed by atoms with Gasteiger partial charge in [0.1, 0.15) is 6.04 Å². The van der Waals surface area contributed by atoms with E-state index in [4.69, 9.17) is 0 Å². The van der Waals surface area contributed by atoms with Gasteiger partial charge in [0.25, 0.3) is 0 Å². The van der Waals surface area contributed by atoms with Crippen molar-refractivity contribution < 1.29 is 9.59 Å². The number of piperidine rings is 1. The molecule has 1 aliphatic heterocycles. The second-order valence-corrected chi connectivity index (χ2v) is 6.41. The van der Waals surface area contributed by atoms with Crippen molar-refractivity contribution in [3.63, 3.8) is 0 Å². The van der Waals surface area contributed by atoms with E-state index < -0.39 is 0 Å². The molecule has 0 unspecified atom stereocenters. The van der Waals surface area contributed by atoms with Crippen LogP contribution in [0.1, 0.15) is 36.4 Å². The zero-order valence-corrected chi connectivity index (χ0v) is 14.3. The molecular formula is C18H27N3O2. The highest BCUT2D eigenvalue weighted by Crippen LogP contribution is 2.19. The van der Waals surface area contributed by atoms with Crippen molar-refractivity contribution in [1.29, 1.82) is 0 Å². The SMILES string of the molecule is Cc1cccc([C@H](C(=O)NCCN2CCCCC2=O)N(C)C)c1. The highest BCUT2D eigenvalue weighted by molar-refractivity contribution is 5.83. The summed E-state index contributed by atoms with van der Waals surface area (Å²) in [5.74, 6) is 0.179. The van der Waals surface area contributed by atoms with Gasteiger partial charge in [-0.1, -0.05) is 29.8 Å². The molecule has 0 saturated carbocycles.